The number of anilines is 1. The van der Waals surface area contributed by atoms with Gasteiger partial charge < -0.3 is 20.5 Å². The summed E-state index contributed by atoms with van der Waals surface area (Å²) in [5, 5.41) is 15.2. The first-order valence-corrected chi connectivity index (χ1v) is 7.93. The molecule has 2 rings (SSSR count). The van der Waals surface area contributed by atoms with Gasteiger partial charge in [-0.25, -0.2) is 8.42 Å². The average Bonchev–Trinajstić information content (AvgIpc) is 2.41. The van der Waals surface area contributed by atoms with Gasteiger partial charge in [0.05, 0.1) is 17.2 Å². The Labute approximate surface area is 116 Å². The molecule has 0 radical (unpaired) electrons. The van der Waals surface area contributed by atoms with Gasteiger partial charge in [-0.1, -0.05) is 0 Å². The van der Waals surface area contributed by atoms with Crippen LogP contribution >= 0.6 is 0 Å². The van der Waals surface area contributed by atoms with Crippen molar-refractivity contribution < 1.29 is 23.1 Å². The van der Waals surface area contributed by atoms with Crippen LogP contribution in [0.5, 0.6) is 5.75 Å². The third kappa shape index (κ3) is 3.47. The van der Waals surface area contributed by atoms with Crippen LogP contribution in [0.2, 0.25) is 0 Å². The Balaban J connectivity index is 2.18. The maximum absolute atomic E-state index is 11.9. The summed E-state index contributed by atoms with van der Waals surface area (Å²) in [6.07, 6.45) is 0.393. The summed E-state index contributed by atoms with van der Waals surface area (Å²) in [6.45, 7) is 1.48. The zero-order valence-corrected chi connectivity index (χ0v) is 11.7. The third-order valence-electron chi connectivity index (χ3n) is 2.87. The molecule has 0 spiro atoms. The van der Waals surface area contributed by atoms with Gasteiger partial charge in [-0.05, 0) is 18.2 Å². The fourth-order valence-corrected chi connectivity index (χ4v) is 2.44. The van der Waals surface area contributed by atoms with Gasteiger partial charge in [0.2, 0.25) is 0 Å². The number of benzene rings is 1. The number of hydrogen-bond donors (Lipinski definition) is 3. The monoisotopic (exact) mass is 300 g/mol. The van der Waals surface area contributed by atoms with Crippen molar-refractivity contribution in [2.45, 2.75) is 11.0 Å². The molecule has 1 fully saturated rings. The van der Waals surface area contributed by atoms with E-state index in [2.05, 4.69) is 10.6 Å². The Bertz CT molecular complexity index is 608. The molecule has 3 N–H and O–H groups in total. The quantitative estimate of drug-likeness (QED) is 0.663. The van der Waals surface area contributed by atoms with Crippen LogP contribution in [-0.2, 0) is 19.4 Å². The van der Waals surface area contributed by atoms with Crippen molar-refractivity contribution in [3.8, 4) is 5.75 Å². The minimum atomic E-state index is -3.41. The molecule has 110 valence electrons. The number of ether oxygens (including phenoxy) is 1. The number of hydrogen-bond acceptors (Lipinski definition) is 6. The lowest BCUT2D eigenvalue weighted by Crippen LogP contribution is -2.45. The van der Waals surface area contributed by atoms with Gasteiger partial charge >= 0.3 is 0 Å². The summed E-state index contributed by atoms with van der Waals surface area (Å²) in [7, 11) is -3.41. The number of sulfone groups is 1. The summed E-state index contributed by atoms with van der Waals surface area (Å²) in [5.41, 5.74) is 0.0482. The summed E-state index contributed by atoms with van der Waals surface area (Å²) in [4.78, 5) is 12.0. The van der Waals surface area contributed by atoms with E-state index >= 15 is 0 Å². The van der Waals surface area contributed by atoms with Crippen molar-refractivity contribution in [2.75, 3.05) is 31.3 Å². The number of amides is 1. The predicted molar refractivity (Wildman–Crippen MR) is 72.5 cm³/mol. The highest BCUT2D eigenvalue weighted by atomic mass is 32.2. The maximum atomic E-state index is 11.9. The molecule has 0 aromatic heterocycles. The number of carbonyl (C=O) groups is 1. The van der Waals surface area contributed by atoms with Gasteiger partial charge in [0.15, 0.2) is 9.84 Å². The normalized spacial score (nSPS) is 19.6. The van der Waals surface area contributed by atoms with Crippen molar-refractivity contribution in [3.63, 3.8) is 0 Å². The molecular weight excluding hydrogens is 284 g/mol. The fourth-order valence-electron chi connectivity index (χ4n) is 1.79. The number of aromatic hydroxyl groups is 1. The molecular formula is C12H16N2O5S. The van der Waals surface area contributed by atoms with Gasteiger partial charge in [-0.15, -0.1) is 0 Å². The maximum Gasteiger partial charge on any atom is 0.254 e. The predicted octanol–water partition coefficient (Wildman–Crippen LogP) is -0.277. The minimum Gasteiger partial charge on any atom is -0.506 e. The summed E-state index contributed by atoms with van der Waals surface area (Å²) in [5.74, 6) is -0.632. The largest absolute Gasteiger partial charge is 0.506 e. The van der Waals surface area contributed by atoms with Crippen LogP contribution in [0.15, 0.2) is 23.1 Å². The zero-order chi connectivity index (χ0) is 14.8. The summed E-state index contributed by atoms with van der Waals surface area (Å²) >= 11 is 0. The van der Waals surface area contributed by atoms with E-state index in [-0.39, 0.29) is 16.3 Å². The highest BCUT2D eigenvalue weighted by Crippen LogP contribution is 2.26. The fraction of sp³-hybridized carbons (Fsp3) is 0.417. The molecule has 8 heteroatoms. The van der Waals surface area contributed by atoms with Crippen molar-refractivity contribution in [3.05, 3.63) is 18.2 Å². The van der Waals surface area contributed by atoms with Gasteiger partial charge in [-0.3, -0.25) is 4.79 Å². The summed E-state index contributed by atoms with van der Waals surface area (Å²) in [6, 6.07) is 3.73. The first kappa shape index (κ1) is 14.8. The lowest BCUT2D eigenvalue weighted by atomic mass is 10.2. The lowest BCUT2D eigenvalue weighted by Gasteiger charge is -2.22. The topological polar surface area (TPSA) is 105 Å². The Morgan fingerprint density at radius 1 is 1.50 bits per heavy atom. The number of rotatable bonds is 3. The Morgan fingerprint density at radius 2 is 2.25 bits per heavy atom. The smallest absolute Gasteiger partial charge is 0.254 e. The molecule has 0 aliphatic carbocycles. The van der Waals surface area contributed by atoms with E-state index in [1.165, 1.54) is 18.2 Å². The second-order valence-electron chi connectivity index (χ2n) is 4.50. The molecule has 1 heterocycles. The average molecular weight is 300 g/mol. The van der Waals surface area contributed by atoms with E-state index in [0.29, 0.717) is 19.7 Å². The van der Waals surface area contributed by atoms with E-state index in [9.17, 15) is 18.3 Å². The zero-order valence-electron chi connectivity index (χ0n) is 10.9. The van der Waals surface area contributed by atoms with Gasteiger partial charge in [0.25, 0.3) is 5.91 Å². The van der Waals surface area contributed by atoms with E-state index in [0.717, 1.165) is 6.26 Å². The van der Waals surface area contributed by atoms with Crippen LogP contribution in [0.3, 0.4) is 0 Å². The first-order chi connectivity index (χ1) is 9.38. The first-order valence-electron chi connectivity index (χ1n) is 6.04. The molecule has 1 aliphatic heterocycles. The van der Waals surface area contributed by atoms with Crippen molar-refractivity contribution in [2.24, 2.45) is 0 Å². The number of carbonyl (C=O) groups excluding carboxylic acids is 1. The minimum absolute atomic E-state index is 0.0216. The molecule has 1 amide bonds. The molecule has 0 saturated carbocycles. The Kier molecular flexibility index (Phi) is 4.26. The molecule has 1 aliphatic rings. The van der Waals surface area contributed by atoms with Crippen LogP contribution in [-0.4, -0.2) is 51.5 Å². The van der Waals surface area contributed by atoms with Crippen LogP contribution in [0.4, 0.5) is 5.69 Å². The molecule has 1 aromatic carbocycles. The van der Waals surface area contributed by atoms with Gasteiger partial charge in [-0.2, -0.15) is 0 Å². The van der Waals surface area contributed by atoms with Gasteiger partial charge in [0.1, 0.15) is 11.9 Å². The van der Waals surface area contributed by atoms with Crippen molar-refractivity contribution >= 4 is 21.4 Å². The molecule has 7 nitrogen and oxygen atoms in total. The van der Waals surface area contributed by atoms with Gasteiger partial charge in [0, 0.05) is 19.3 Å². The number of phenols is 1. The highest BCUT2D eigenvalue weighted by molar-refractivity contribution is 7.90. The second-order valence-corrected chi connectivity index (χ2v) is 6.52. The number of phenolic OH excluding ortho intramolecular Hbond substituents is 1. The highest BCUT2D eigenvalue weighted by Gasteiger charge is 2.23. The molecule has 20 heavy (non-hydrogen) atoms. The Morgan fingerprint density at radius 3 is 2.85 bits per heavy atom. The lowest BCUT2D eigenvalue weighted by molar-refractivity contribution is -0.128. The summed E-state index contributed by atoms with van der Waals surface area (Å²) < 4.78 is 28.2. The molecule has 1 unspecified atom stereocenters. The van der Waals surface area contributed by atoms with E-state index < -0.39 is 21.8 Å². The molecule has 1 atom stereocenters. The molecule has 1 aromatic rings. The van der Waals surface area contributed by atoms with Crippen molar-refractivity contribution in [1.29, 1.82) is 0 Å². The van der Waals surface area contributed by atoms with Crippen LogP contribution in [0.1, 0.15) is 0 Å². The van der Waals surface area contributed by atoms with Crippen LogP contribution < -0.4 is 10.6 Å². The molecule has 1 saturated heterocycles. The van der Waals surface area contributed by atoms with E-state index in [4.69, 9.17) is 4.74 Å². The van der Waals surface area contributed by atoms with Crippen molar-refractivity contribution in [1.82, 2.24) is 5.32 Å². The standard InChI is InChI=1S/C12H16N2O5S/c1-20(17,18)8-2-3-10(15)9(6-8)14-12(16)11-7-13-4-5-19-11/h2-3,6,11,13,15H,4-5,7H2,1H3,(H,14,16). The number of morpholine rings is 1. The van der Waals surface area contributed by atoms with E-state index in [1.54, 1.807) is 0 Å². The van der Waals surface area contributed by atoms with Crippen LogP contribution in [0.25, 0.3) is 0 Å². The number of nitrogens with one attached hydrogen (secondary N) is 2. The third-order valence-corrected chi connectivity index (χ3v) is 3.98. The second kappa shape index (κ2) is 5.78. The SMILES string of the molecule is CS(=O)(=O)c1ccc(O)c(NC(=O)C2CNCCO2)c1. The molecule has 0 bridgehead atoms. The Hall–Kier alpha value is -1.64. The van der Waals surface area contributed by atoms with E-state index in [1.807, 2.05) is 0 Å². The van der Waals surface area contributed by atoms with Crippen LogP contribution in [0, 0.1) is 0 Å².